The Morgan fingerprint density at radius 2 is 1.96 bits per heavy atom. The summed E-state index contributed by atoms with van der Waals surface area (Å²) in [5.74, 6) is 1.01. The molecule has 5 nitrogen and oxygen atoms in total. The van der Waals surface area contributed by atoms with E-state index in [2.05, 4.69) is 10.6 Å². The zero-order chi connectivity index (χ0) is 17.2. The first-order valence-corrected chi connectivity index (χ1v) is 8.46. The molecule has 2 amide bonds. The summed E-state index contributed by atoms with van der Waals surface area (Å²) in [6.07, 6.45) is 1.30. The Morgan fingerprint density at radius 3 is 2.57 bits per heavy atom. The topological polar surface area (TPSA) is 70.6 Å². The van der Waals surface area contributed by atoms with Gasteiger partial charge in [-0.1, -0.05) is 38.8 Å². The molecule has 2 unspecified atom stereocenters. The summed E-state index contributed by atoms with van der Waals surface area (Å²) in [5.41, 5.74) is 0.978. The van der Waals surface area contributed by atoms with E-state index in [0.717, 1.165) is 24.2 Å². The highest BCUT2D eigenvalue weighted by molar-refractivity contribution is 5.74. The number of rotatable bonds is 9. The van der Waals surface area contributed by atoms with E-state index in [1.807, 2.05) is 52.0 Å². The van der Waals surface area contributed by atoms with E-state index >= 15 is 0 Å². The van der Waals surface area contributed by atoms with E-state index in [4.69, 9.17) is 4.74 Å². The van der Waals surface area contributed by atoms with Gasteiger partial charge >= 0.3 is 6.03 Å². The van der Waals surface area contributed by atoms with Crippen molar-refractivity contribution >= 4 is 6.03 Å². The van der Waals surface area contributed by atoms with Crippen LogP contribution in [0.2, 0.25) is 0 Å². The quantitative estimate of drug-likeness (QED) is 0.653. The number of urea groups is 1. The lowest BCUT2D eigenvalue weighted by Gasteiger charge is -2.21. The largest absolute Gasteiger partial charge is 0.494 e. The average Bonchev–Trinajstić information content (AvgIpc) is 2.54. The maximum atomic E-state index is 12.0. The Kier molecular flexibility index (Phi) is 8.48. The predicted molar refractivity (Wildman–Crippen MR) is 92.6 cm³/mol. The molecule has 2 atom stereocenters. The second kappa shape index (κ2) is 10.1. The molecule has 0 heterocycles. The number of benzene rings is 1. The van der Waals surface area contributed by atoms with E-state index in [0.29, 0.717) is 6.61 Å². The molecule has 5 heteroatoms. The van der Waals surface area contributed by atoms with Gasteiger partial charge in [-0.25, -0.2) is 4.79 Å². The van der Waals surface area contributed by atoms with E-state index in [1.54, 1.807) is 0 Å². The fourth-order valence-electron chi connectivity index (χ4n) is 2.57. The standard InChI is InChI=1S/C18H30N2O3/c1-5-14(6-2)17(21)12-19-18(22)20-13(4)15-9-8-10-16(11-15)23-7-3/h8-11,13-14,17,21H,5-7,12H2,1-4H3,(H2,19,20,22). The molecule has 3 N–H and O–H groups in total. The lowest BCUT2D eigenvalue weighted by Crippen LogP contribution is -2.42. The molecule has 0 radical (unpaired) electrons. The van der Waals surface area contributed by atoms with E-state index < -0.39 is 6.10 Å². The van der Waals surface area contributed by atoms with Crippen molar-refractivity contribution in [3.63, 3.8) is 0 Å². The third-order valence-electron chi connectivity index (χ3n) is 4.08. The van der Waals surface area contributed by atoms with Crippen LogP contribution in [-0.2, 0) is 0 Å². The van der Waals surface area contributed by atoms with E-state index in [-0.39, 0.29) is 24.5 Å². The van der Waals surface area contributed by atoms with Crippen LogP contribution in [0.3, 0.4) is 0 Å². The Bertz CT molecular complexity index is 475. The van der Waals surface area contributed by atoms with Crippen LogP contribution in [0.5, 0.6) is 5.75 Å². The molecule has 0 aliphatic carbocycles. The fraction of sp³-hybridized carbons (Fsp3) is 0.611. The second-order valence-corrected chi connectivity index (χ2v) is 5.73. The van der Waals surface area contributed by atoms with Crippen LogP contribution in [-0.4, -0.2) is 30.4 Å². The molecule has 1 aromatic carbocycles. The fourth-order valence-corrected chi connectivity index (χ4v) is 2.57. The monoisotopic (exact) mass is 322 g/mol. The number of nitrogens with one attached hydrogen (secondary N) is 2. The molecule has 23 heavy (non-hydrogen) atoms. The first-order valence-electron chi connectivity index (χ1n) is 8.46. The SMILES string of the molecule is CCOc1cccc(C(C)NC(=O)NCC(O)C(CC)CC)c1. The van der Waals surface area contributed by atoms with Crippen LogP contribution < -0.4 is 15.4 Å². The van der Waals surface area contributed by atoms with Crippen LogP contribution >= 0.6 is 0 Å². The summed E-state index contributed by atoms with van der Waals surface area (Å²) in [6.45, 7) is 8.83. The van der Waals surface area contributed by atoms with Crippen molar-refractivity contribution in [3.05, 3.63) is 29.8 Å². The second-order valence-electron chi connectivity index (χ2n) is 5.73. The van der Waals surface area contributed by atoms with Crippen molar-refractivity contribution in [2.75, 3.05) is 13.2 Å². The minimum atomic E-state index is -0.507. The van der Waals surface area contributed by atoms with Crippen molar-refractivity contribution in [1.82, 2.24) is 10.6 Å². The third-order valence-corrected chi connectivity index (χ3v) is 4.08. The van der Waals surface area contributed by atoms with E-state index in [1.165, 1.54) is 0 Å². The summed E-state index contributed by atoms with van der Waals surface area (Å²) in [6, 6.07) is 7.27. The van der Waals surface area contributed by atoms with Crippen molar-refractivity contribution in [2.24, 2.45) is 5.92 Å². The number of aliphatic hydroxyl groups excluding tert-OH is 1. The van der Waals surface area contributed by atoms with Gasteiger partial charge in [-0.3, -0.25) is 0 Å². The summed E-state index contributed by atoms with van der Waals surface area (Å²) in [5, 5.41) is 15.7. The summed E-state index contributed by atoms with van der Waals surface area (Å²) < 4.78 is 5.47. The molecule has 130 valence electrons. The molecule has 0 spiro atoms. The zero-order valence-electron chi connectivity index (χ0n) is 14.6. The summed E-state index contributed by atoms with van der Waals surface area (Å²) in [4.78, 5) is 12.0. The maximum Gasteiger partial charge on any atom is 0.315 e. The smallest absolute Gasteiger partial charge is 0.315 e. The minimum absolute atomic E-state index is 0.138. The Hall–Kier alpha value is -1.75. The Balaban J connectivity index is 2.48. The molecule has 0 saturated carbocycles. The third kappa shape index (κ3) is 6.48. The number of ether oxygens (including phenoxy) is 1. The molecular weight excluding hydrogens is 292 g/mol. The lowest BCUT2D eigenvalue weighted by molar-refractivity contribution is 0.103. The summed E-state index contributed by atoms with van der Waals surface area (Å²) in [7, 11) is 0. The lowest BCUT2D eigenvalue weighted by atomic mass is 9.97. The van der Waals surface area contributed by atoms with Gasteiger partial charge in [-0.05, 0) is 37.5 Å². The van der Waals surface area contributed by atoms with Crippen LogP contribution in [0, 0.1) is 5.92 Å². The highest BCUT2D eigenvalue weighted by Gasteiger charge is 2.17. The number of hydrogen-bond donors (Lipinski definition) is 3. The number of carbonyl (C=O) groups is 1. The zero-order valence-corrected chi connectivity index (χ0v) is 14.6. The number of carbonyl (C=O) groups excluding carboxylic acids is 1. The van der Waals surface area contributed by atoms with Gasteiger partial charge in [-0.2, -0.15) is 0 Å². The van der Waals surface area contributed by atoms with Gasteiger partial charge in [0.05, 0.1) is 18.8 Å². The van der Waals surface area contributed by atoms with Gasteiger partial charge in [0.2, 0.25) is 0 Å². The van der Waals surface area contributed by atoms with Crippen LogP contribution in [0.1, 0.15) is 52.1 Å². The number of amides is 2. The van der Waals surface area contributed by atoms with Crippen molar-refractivity contribution in [3.8, 4) is 5.75 Å². The molecule has 0 aliphatic rings. The molecule has 0 aliphatic heterocycles. The highest BCUT2D eigenvalue weighted by Crippen LogP contribution is 2.19. The minimum Gasteiger partial charge on any atom is -0.494 e. The molecule has 0 saturated heterocycles. The molecule has 0 fully saturated rings. The van der Waals surface area contributed by atoms with Gasteiger partial charge in [-0.15, -0.1) is 0 Å². The first-order chi connectivity index (χ1) is 11.0. The Morgan fingerprint density at radius 1 is 1.26 bits per heavy atom. The van der Waals surface area contributed by atoms with Crippen molar-refractivity contribution < 1.29 is 14.6 Å². The van der Waals surface area contributed by atoms with Gasteiger partial charge in [0.1, 0.15) is 5.75 Å². The molecule has 0 aromatic heterocycles. The summed E-state index contributed by atoms with van der Waals surface area (Å²) >= 11 is 0. The van der Waals surface area contributed by atoms with Gasteiger partial charge in [0.25, 0.3) is 0 Å². The highest BCUT2D eigenvalue weighted by atomic mass is 16.5. The molecular formula is C18H30N2O3. The van der Waals surface area contributed by atoms with Gasteiger partial charge < -0.3 is 20.5 Å². The number of aliphatic hydroxyl groups is 1. The first kappa shape index (κ1) is 19.3. The van der Waals surface area contributed by atoms with E-state index in [9.17, 15) is 9.90 Å². The normalized spacial score (nSPS) is 13.5. The maximum absolute atomic E-state index is 12.0. The molecule has 0 bridgehead atoms. The van der Waals surface area contributed by atoms with Crippen LogP contribution in [0.25, 0.3) is 0 Å². The average molecular weight is 322 g/mol. The van der Waals surface area contributed by atoms with Crippen LogP contribution in [0.4, 0.5) is 4.79 Å². The van der Waals surface area contributed by atoms with Gasteiger partial charge in [0, 0.05) is 6.54 Å². The van der Waals surface area contributed by atoms with Gasteiger partial charge in [0.15, 0.2) is 0 Å². The van der Waals surface area contributed by atoms with Crippen molar-refractivity contribution in [1.29, 1.82) is 0 Å². The number of hydrogen-bond acceptors (Lipinski definition) is 3. The Labute approximate surface area is 139 Å². The molecule has 1 aromatic rings. The van der Waals surface area contributed by atoms with Crippen molar-refractivity contribution in [2.45, 2.75) is 52.7 Å². The molecule has 1 rings (SSSR count). The van der Waals surface area contributed by atoms with Crippen LogP contribution in [0.15, 0.2) is 24.3 Å². The predicted octanol–water partition coefficient (Wildman–Crippen LogP) is 3.24.